The fourth-order valence-electron chi connectivity index (χ4n) is 2.62. The van der Waals surface area contributed by atoms with Gasteiger partial charge in [-0.25, -0.2) is 4.79 Å². The van der Waals surface area contributed by atoms with Crippen molar-refractivity contribution in [3.8, 4) is 0 Å². The summed E-state index contributed by atoms with van der Waals surface area (Å²) in [6.45, 7) is 1.99. The lowest BCUT2D eigenvalue weighted by Gasteiger charge is -2.42. The summed E-state index contributed by atoms with van der Waals surface area (Å²) >= 11 is 11.8. The lowest BCUT2D eigenvalue weighted by atomic mass is 9.87. The van der Waals surface area contributed by atoms with Crippen molar-refractivity contribution in [2.45, 2.75) is 31.7 Å². The first-order valence-electron chi connectivity index (χ1n) is 6.42. The molecule has 2 rings (SSSR count). The fourth-order valence-corrected chi connectivity index (χ4v) is 2.93. The number of hydrogen-bond acceptors (Lipinski definition) is 4. The number of carboxylic acid groups (broad SMARTS) is 1. The number of nitro groups is 1. The molecule has 1 aromatic carbocycles. The van der Waals surface area contributed by atoms with Crippen LogP contribution >= 0.6 is 23.2 Å². The number of benzene rings is 1. The lowest BCUT2D eigenvalue weighted by Crippen LogP contribution is -2.55. The highest BCUT2D eigenvalue weighted by atomic mass is 35.5. The average molecular weight is 333 g/mol. The van der Waals surface area contributed by atoms with E-state index in [4.69, 9.17) is 23.2 Å². The molecule has 0 saturated carbocycles. The largest absolute Gasteiger partial charge is 0.480 e. The van der Waals surface area contributed by atoms with E-state index in [1.165, 1.54) is 6.07 Å². The van der Waals surface area contributed by atoms with Crippen molar-refractivity contribution in [1.29, 1.82) is 0 Å². The Bertz CT molecular complexity index is 608. The van der Waals surface area contributed by atoms with Crippen LogP contribution in [0.1, 0.15) is 26.2 Å². The molecule has 1 saturated heterocycles. The molecular formula is C13H14Cl2N2O4. The van der Waals surface area contributed by atoms with E-state index < -0.39 is 16.4 Å². The highest BCUT2D eigenvalue weighted by Crippen LogP contribution is 2.41. The molecule has 1 aliphatic rings. The summed E-state index contributed by atoms with van der Waals surface area (Å²) in [6.07, 6.45) is 1.94. The van der Waals surface area contributed by atoms with Crippen LogP contribution in [0.5, 0.6) is 0 Å². The van der Waals surface area contributed by atoms with Crippen molar-refractivity contribution in [3.63, 3.8) is 0 Å². The maximum absolute atomic E-state index is 11.6. The topological polar surface area (TPSA) is 83.7 Å². The second-order valence-corrected chi connectivity index (χ2v) is 6.01. The van der Waals surface area contributed by atoms with Crippen molar-refractivity contribution < 1.29 is 14.8 Å². The van der Waals surface area contributed by atoms with Crippen molar-refractivity contribution in [3.05, 3.63) is 32.3 Å². The summed E-state index contributed by atoms with van der Waals surface area (Å²) < 4.78 is 0. The van der Waals surface area contributed by atoms with Gasteiger partial charge in [-0.15, -0.1) is 0 Å². The molecule has 0 aliphatic carbocycles. The lowest BCUT2D eigenvalue weighted by molar-refractivity contribution is -0.384. The number of aliphatic carboxylic acids is 1. The summed E-state index contributed by atoms with van der Waals surface area (Å²) in [5.74, 6) is -1.01. The molecule has 6 nitrogen and oxygen atoms in total. The normalized spacial score (nSPS) is 22.1. The first-order chi connectivity index (χ1) is 9.77. The molecule has 21 heavy (non-hydrogen) atoms. The third-order valence-electron chi connectivity index (χ3n) is 3.86. The average Bonchev–Trinajstić information content (AvgIpc) is 2.41. The zero-order valence-corrected chi connectivity index (χ0v) is 12.8. The Labute approximate surface area is 131 Å². The molecule has 0 radical (unpaired) electrons. The van der Waals surface area contributed by atoms with Crippen LogP contribution in [-0.2, 0) is 4.79 Å². The minimum atomic E-state index is -1.19. The van der Waals surface area contributed by atoms with E-state index in [2.05, 4.69) is 0 Å². The number of carbonyl (C=O) groups is 1. The third-order valence-corrected chi connectivity index (χ3v) is 4.58. The van der Waals surface area contributed by atoms with E-state index in [0.29, 0.717) is 13.0 Å². The molecule has 1 atom stereocenters. The van der Waals surface area contributed by atoms with E-state index in [1.807, 2.05) is 0 Å². The number of rotatable bonds is 3. The number of nitrogens with zero attached hydrogens (tertiary/aromatic N) is 2. The zero-order chi connectivity index (χ0) is 15.8. The Morgan fingerprint density at radius 3 is 2.57 bits per heavy atom. The van der Waals surface area contributed by atoms with E-state index in [-0.39, 0.29) is 21.4 Å². The van der Waals surface area contributed by atoms with Crippen molar-refractivity contribution >= 4 is 40.5 Å². The standard InChI is InChI=1S/C13H14Cl2N2O4/c1-13(12(18)19)4-2-3-5-16(13)10-6-8(14)9(15)7-11(10)17(20)21/h6-7H,2-5H2,1H3,(H,18,19). The number of hydrogen-bond donors (Lipinski definition) is 1. The molecule has 8 heteroatoms. The number of nitro benzene ring substituents is 1. The van der Waals surface area contributed by atoms with Gasteiger partial charge in [0.15, 0.2) is 0 Å². The van der Waals surface area contributed by atoms with Crippen LogP contribution in [0, 0.1) is 10.1 Å². The zero-order valence-electron chi connectivity index (χ0n) is 11.3. The first kappa shape index (κ1) is 15.9. The quantitative estimate of drug-likeness (QED) is 0.673. The highest BCUT2D eigenvalue weighted by molar-refractivity contribution is 6.42. The predicted molar refractivity (Wildman–Crippen MR) is 80.4 cm³/mol. The van der Waals surface area contributed by atoms with Crippen molar-refractivity contribution in [1.82, 2.24) is 0 Å². The Morgan fingerprint density at radius 2 is 2.00 bits per heavy atom. The molecule has 114 valence electrons. The van der Waals surface area contributed by atoms with Crippen LogP contribution in [0.15, 0.2) is 12.1 Å². The van der Waals surface area contributed by atoms with Crippen LogP contribution in [0.4, 0.5) is 11.4 Å². The van der Waals surface area contributed by atoms with Crippen LogP contribution in [-0.4, -0.2) is 28.1 Å². The number of piperidine rings is 1. The SMILES string of the molecule is CC1(C(=O)O)CCCCN1c1cc(Cl)c(Cl)cc1[N+](=O)[O-]. The van der Waals surface area contributed by atoms with E-state index >= 15 is 0 Å². The summed E-state index contributed by atoms with van der Waals surface area (Å²) in [6, 6.07) is 2.53. The van der Waals surface area contributed by atoms with Gasteiger partial charge >= 0.3 is 5.97 Å². The molecule has 0 spiro atoms. The second kappa shape index (κ2) is 5.69. The van der Waals surface area contributed by atoms with Gasteiger partial charge in [0.25, 0.3) is 5.69 Å². The second-order valence-electron chi connectivity index (χ2n) is 5.20. The van der Waals surface area contributed by atoms with E-state index in [9.17, 15) is 20.0 Å². The van der Waals surface area contributed by atoms with Gasteiger partial charge in [-0.05, 0) is 32.3 Å². The van der Waals surface area contributed by atoms with E-state index in [1.54, 1.807) is 11.8 Å². The molecular weight excluding hydrogens is 319 g/mol. The van der Waals surface area contributed by atoms with Crippen LogP contribution in [0.2, 0.25) is 10.0 Å². The maximum Gasteiger partial charge on any atom is 0.329 e. The van der Waals surface area contributed by atoms with Crippen LogP contribution in [0.3, 0.4) is 0 Å². The Hall–Kier alpha value is -1.53. The van der Waals surface area contributed by atoms with Gasteiger partial charge in [-0.2, -0.15) is 0 Å². The molecule has 1 N–H and O–H groups in total. The summed E-state index contributed by atoms with van der Waals surface area (Å²) in [5.41, 5.74) is -1.24. The Kier molecular flexibility index (Phi) is 4.30. The highest BCUT2D eigenvalue weighted by Gasteiger charge is 2.43. The number of carboxylic acids is 1. The number of anilines is 1. The van der Waals surface area contributed by atoms with Gasteiger partial charge in [-0.1, -0.05) is 23.2 Å². The van der Waals surface area contributed by atoms with Gasteiger partial charge in [0.1, 0.15) is 11.2 Å². The summed E-state index contributed by atoms with van der Waals surface area (Å²) in [5, 5.41) is 21.0. The van der Waals surface area contributed by atoms with E-state index in [0.717, 1.165) is 18.9 Å². The molecule has 1 unspecified atom stereocenters. The van der Waals surface area contributed by atoms with Crippen LogP contribution < -0.4 is 4.90 Å². The molecule has 0 bridgehead atoms. The third kappa shape index (κ3) is 2.78. The Morgan fingerprint density at radius 1 is 1.38 bits per heavy atom. The van der Waals surface area contributed by atoms with Gasteiger partial charge in [-0.3, -0.25) is 10.1 Å². The Balaban J connectivity index is 2.60. The van der Waals surface area contributed by atoms with Gasteiger partial charge in [0.2, 0.25) is 0 Å². The van der Waals surface area contributed by atoms with Crippen LogP contribution in [0.25, 0.3) is 0 Å². The summed E-state index contributed by atoms with van der Waals surface area (Å²) in [4.78, 5) is 23.8. The molecule has 0 aromatic heterocycles. The van der Waals surface area contributed by atoms with Gasteiger partial charge < -0.3 is 10.0 Å². The minimum Gasteiger partial charge on any atom is -0.480 e. The first-order valence-corrected chi connectivity index (χ1v) is 7.17. The summed E-state index contributed by atoms with van der Waals surface area (Å²) in [7, 11) is 0. The maximum atomic E-state index is 11.6. The monoisotopic (exact) mass is 332 g/mol. The number of halogens is 2. The van der Waals surface area contributed by atoms with Crippen molar-refractivity contribution in [2.24, 2.45) is 0 Å². The smallest absolute Gasteiger partial charge is 0.329 e. The van der Waals surface area contributed by atoms with Gasteiger partial charge in [0.05, 0.1) is 15.0 Å². The van der Waals surface area contributed by atoms with Crippen molar-refractivity contribution in [2.75, 3.05) is 11.4 Å². The minimum absolute atomic E-state index is 0.0705. The van der Waals surface area contributed by atoms with Gasteiger partial charge in [0, 0.05) is 12.6 Å². The fraction of sp³-hybridized carbons (Fsp3) is 0.462. The molecule has 1 aromatic rings. The predicted octanol–water partition coefficient (Wildman–Crippen LogP) is 3.74. The molecule has 1 aliphatic heterocycles. The molecule has 1 fully saturated rings. The molecule has 1 heterocycles. The molecule has 0 amide bonds.